The maximum absolute atomic E-state index is 12.1. The third-order valence-corrected chi connectivity index (χ3v) is 4.11. The van der Waals surface area contributed by atoms with Crippen LogP contribution in [0.1, 0.15) is 71.6 Å². The summed E-state index contributed by atoms with van der Waals surface area (Å²) >= 11 is 0. The predicted molar refractivity (Wildman–Crippen MR) is 78.0 cm³/mol. The molecule has 0 bridgehead atoms. The molecule has 1 saturated heterocycles. The summed E-state index contributed by atoms with van der Waals surface area (Å²) in [6.45, 7) is 5.55. The van der Waals surface area contributed by atoms with Crippen LogP contribution in [-0.2, 0) is 9.59 Å². The van der Waals surface area contributed by atoms with E-state index in [4.69, 9.17) is 0 Å². The fraction of sp³-hybridized carbons (Fsp3) is 0.875. The Kier molecular flexibility index (Phi) is 7.76. The van der Waals surface area contributed by atoms with Crippen LogP contribution in [0.5, 0.6) is 0 Å². The zero-order chi connectivity index (χ0) is 14.1. The number of piperidine rings is 1. The number of unbranched alkanes of at least 4 members (excludes halogenated alkanes) is 5. The summed E-state index contributed by atoms with van der Waals surface area (Å²) in [5, 5.41) is 0. The normalized spacial score (nSPS) is 19.8. The fourth-order valence-corrected chi connectivity index (χ4v) is 2.71. The van der Waals surface area contributed by atoms with E-state index in [0.717, 1.165) is 19.3 Å². The van der Waals surface area contributed by atoms with Crippen molar-refractivity contribution in [3.05, 3.63) is 0 Å². The Hall–Kier alpha value is -0.860. The predicted octanol–water partition coefficient (Wildman–Crippen LogP) is 3.56. The number of amides is 1. The highest BCUT2D eigenvalue weighted by molar-refractivity contribution is 5.85. The van der Waals surface area contributed by atoms with Crippen LogP contribution in [0, 0.1) is 5.92 Å². The topological polar surface area (TPSA) is 37.4 Å². The van der Waals surface area contributed by atoms with Gasteiger partial charge in [0.15, 0.2) is 0 Å². The molecule has 0 saturated carbocycles. The summed E-state index contributed by atoms with van der Waals surface area (Å²) in [5.74, 6) is 0.676. The molecule has 3 nitrogen and oxygen atoms in total. The molecule has 0 aromatic heterocycles. The van der Waals surface area contributed by atoms with E-state index >= 15 is 0 Å². The van der Waals surface area contributed by atoms with Crippen molar-refractivity contribution in [2.45, 2.75) is 71.6 Å². The zero-order valence-corrected chi connectivity index (χ0v) is 12.6. The number of rotatable bonds is 8. The molecule has 19 heavy (non-hydrogen) atoms. The summed E-state index contributed by atoms with van der Waals surface area (Å²) in [5.41, 5.74) is 0. The molecule has 1 amide bonds. The molecule has 0 radical (unpaired) electrons. The average molecular weight is 267 g/mol. The van der Waals surface area contributed by atoms with E-state index in [1.54, 1.807) is 0 Å². The number of carbonyl (C=O) groups excluding carboxylic acids is 2. The highest BCUT2D eigenvalue weighted by Crippen LogP contribution is 2.17. The van der Waals surface area contributed by atoms with E-state index in [1.807, 2.05) is 11.8 Å². The van der Waals surface area contributed by atoms with Gasteiger partial charge in [-0.25, -0.2) is 0 Å². The second-order valence-electron chi connectivity index (χ2n) is 5.68. The summed E-state index contributed by atoms with van der Waals surface area (Å²) in [6, 6.07) is 0. The lowest BCUT2D eigenvalue weighted by molar-refractivity contribution is -0.137. The standard InChI is InChI=1S/C16H29NO2/c1-3-5-6-7-8-9-10-16(19)17-12-11-15(18)14(4-2)13-17/h14H,3-13H2,1-2H3. The molecule has 110 valence electrons. The molecule has 1 rings (SSSR count). The summed E-state index contributed by atoms with van der Waals surface area (Å²) in [7, 11) is 0. The van der Waals surface area contributed by atoms with Gasteiger partial charge >= 0.3 is 0 Å². The minimum atomic E-state index is 0.0854. The molecule has 1 aliphatic rings. The fourth-order valence-electron chi connectivity index (χ4n) is 2.71. The van der Waals surface area contributed by atoms with Gasteiger partial charge in [0.1, 0.15) is 5.78 Å². The van der Waals surface area contributed by atoms with Gasteiger partial charge < -0.3 is 4.90 Å². The van der Waals surface area contributed by atoms with E-state index in [2.05, 4.69) is 6.92 Å². The highest BCUT2D eigenvalue weighted by Gasteiger charge is 2.27. The first-order valence-electron chi connectivity index (χ1n) is 7.99. The molecule has 0 spiro atoms. The maximum atomic E-state index is 12.1. The Morgan fingerprint density at radius 2 is 1.84 bits per heavy atom. The number of hydrogen-bond acceptors (Lipinski definition) is 2. The lowest BCUT2D eigenvalue weighted by Gasteiger charge is -2.31. The monoisotopic (exact) mass is 267 g/mol. The number of Topliss-reactive ketones (excluding diaryl/α,β-unsaturated/α-hetero) is 1. The SMILES string of the molecule is CCCCCCCCC(=O)N1CCC(=O)C(CC)C1. The number of ketones is 1. The van der Waals surface area contributed by atoms with E-state index < -0.39 is 0 Å². The zero-order valence-electron chi connectivity index (χ0n) is 12.6. The van der Waals surface area contributed by atoms with Gasteiger partial charge in [-0.3, -0.25) is 9.59 Å². The van der Waals surface area contributed by atoms with Crippen molar-refractivity contribution in [3.8, 4) is 0 Å². The second kappa shape index (κ2) is 9.11. The van der Waals surface area contributed by atoms with Gasteiger partial charge in [0.05, 0.1) is 0 Å². The van der Waals surface area contributed by atoms with Crippen LogP contribution in [0.15, 0.2) is 0 Å². The first kappa shape index (κ1) is 16.2. The molecule has 0 aliphatic carbocycles. The van der Waals surface area contributed by atoms with Gasteiger partial charge in [-0.2, -0.15) is 0 Å². The largest absolute Gasteiger partial charge is 0.342 e. The molecule has 1 fully saturated rings. The van der Waals surface area contributed by atoms with Gasteiger partial charge in [0, 0.05) is 31.8 Å². The second-order valence-corrected chi connectivity index (χ2v) is 5.68. The summed E-state index contributed by atoms with van der Waals surface area (Å²) in [6.07, 6.45) is 9.36. The van der Waals surface area contributed by atoms with Crippen LogP contribution in [0.3, 0.4) is 0 Å². The van der Waals surface area contributed by atoms with Crippen LogP contribution < -0.4 is 0 Å². The molecule has 0 aromatic rings. The molecule has 1 aliphatic heterocycles. The molecule has 1 unspecified atom stereocenters. The van der Waals surface area contributed by atoms with Gasteiger partial charge in [-0.1, -0.05) is 46.0 Å². The van der Waals surface area contributed by atoms with E-state index in [-0.39, 0.29) is 11.8 Å². The van der Waals surface area contributed by atoms with E-state index in [9.17, 15) is 9.59 Å². The minimum Gasteiger partial charge on any atom is -0.342 e. The Labute approximate surface area is 117 Å². The number of carbonyl (C=O) groups is 2. The molecule has 3 heteroatoms. The number of nitrogens with zero attached hydrogens (tertiary/aromatic N) is 1. The van der Waals surface area contributed by atoms with Crippen molar-refractivity contribution < 1.29 is 9.59 Å². The van der Waals surface area contributed by atoms with Crippen LogP contribution in [0.4, 0.5) is 0 Å². The number of likely N-dealkylation sites (tertiary alicyclic amines) is 1. The average Bonchev–Trinajstić information content (AvgIpc) is 2.43. The first-order chi connectivity index (χ1) is 9.19. The molecule has 1 atom stereocenters. The van der Waals surface area contributed by atoms with Gasteiger partial charge in [0.2, 0.25) is 5.91 Å². The van der Waals surface area contributed by atoms with Crippen molar-refractivity contribution >= 4 is 11.7 Å². The quantitative estimate of drug-likeness (QED) is 0.631. The van der Waals surface area contributed by atoms with Gasteiger partial charge in [-0.15, -0.1) is 0 Å². The van der Waals surface area contributed by atoms with E-state index in [1.165, 1.54) is 25.7 Å². The molecule has 1 heterocycles. The van der Waals surface area contributed by atoms with Crippen LogP contribution >= 0.6 is 0 Å². The smallest absolute Gasteiger partial charge is 0.222 e. The van der Waals surface area contributed by atoms with Crippen molar-refractivity contribution in [2.24, 2.45) is 5.92 Å². The van der Waals surface area contributed by atoms with Gasteiger partial charge in [0.25, 0.3) is 0 Å². The third-order valence-electron chi connectivity index (χ3n) is 4.11. The van der Waals surface area contributed by atoms with Crippen LogP contribution in [-0.4, -0.2) is 29.7 Å². The Bertz CT molecular complexity index is 288. The van der Waals surface area contributed by atoms with E-state index in [0.29, 0.717) is 31.7 Å². The summed E-state index contributed by atoms with van der Waals surface area (Å²) in [4.78, 5) is 25.6. The van der Waals surface area contributed by atoms with Crippen molar-refractivity contribution in [1.82, 2.24) is 4.90 Å². The minimum absolute atomic E-state index is 0.0854. The van der Waals surface area contributed by atoms with Crippen molar-refractivity contribution in [2.75, 3.05) is 13.1 Å². The first-order valence-corrected chi connectivity index (χ1v) is 7.99. The Morgan fingerprint density at radius 3 is 2.53 bits per heavy atom. The molecular formula is C16H29NO2. The Balaban J connectivity index is 2.17. The lowest BCUT2D eigenvalue weighted by atomic mass is 9.94. The summed E-state index contributed by atoms with van der Waals surface area (Å²) < 4.78 is 0. The van der Waals surface area contributed by atoms with Crippen molar-refractivity contribution in [3.63, 3.8) is 0 Å². The van der Waals surface area contributed by atoms with Crippen molar-refractivity contribution in [1.29, 1.82) is 0 Å². The van der Waals surface area contributed by atoms with Crippen LogP contribution in [0.2, 0.25) is 0 Å². The van der Waals surface area contributed by atoms with Crippen LogP contribution in [0.25, 0.3) is 0 Å². The molecule has 0 aromatic carbocycles. The molecular weight excluding hydrogens is 238 g/mol. The number of hydrogen-bond donors (Lipinski definition) is 0. The maximum Gasteiger partial charge on any atom is 0.222 e. The third kappa shape index (κ3) is 5.75. The molecule has 0 N–H and O–H groups in total. The highest BCUT2D eigenvalue weighted by atomic mass is 16.2. The lowest BCUT2D eigenvalue weighted by Crippen LogP contribution is -2.43. The Morgan fingerprint density at radius 1 is 1.16 bits per heavy atom. The van der Waals surface area contributed by atoms with Gasteiger partial charge in [-0.05, 0) is 12.8 Å².